The molecule has 1 fully saturated rings. The molecule has 2 aliphatic heterocycles. The summed E-state index contributed by atoms with van der Waals surface area (Å²) in [5.74, 6) is -2.07. The highest BCUT2D eigenvalue weighted by molar-refractivity contribution is 6.30. The van der Waals surface area contributed by atoms with Crippen molar-refractivity contribution in [1.29, 1.82) is 0 Å². The lowest BCUT2D eigenvalue weighted by atomic mass is 9.67. The third-order valence-corrected chi connectivity index (χ3v) is 6.34. The first-order chi connectivity index (χ1) is 15.3. The number of hydrogen-bond acceptors (Lipinski definition) is 4. The average molecular weight is 457 g/mol. The lowest BCUT2D eigenvalue weighted by molar-refractivity contribution is -0.147. The Balaban J connectivity index is 1.63. The second-order valence-corrected chi connectivity index (χ2v) is 8.48. The highest BCUT2D eigenvalue weighted by Gasteiger charge is 2.60. The number of nitrogens with two attached hydrogens (primary N) is 1. The number of hydrazone groups is 1. The normalized spacial score (nSPS) is 22.2. The SMILES string of the molecule is NC(=O)[C@@H]1N(C(=O)CCc2ccc(Cl)cc2)CCC2=NNC(=O)[C@@]21Cc1cccc(F)c1. The van der Waals surface area contributed by atoms with Gasteiger partial charge in [0, 0.05) is 24.4 Å². The van der Waals surface area contributed by atoms with Gasteiger partial charge in [0.15, 0.2) is 0 Å². The largest absolute Gasteiger partial charge is 0.368 e. The van der Waals surface area contributed by atoms with Gasteiger partial charge in [-0.15, -0.1) is 0 Å². The molecule has 1 saturated heterocycles. The van der Waals surface area contributed by atoms with Crippen LogP contribution in [-0.4, -0.2) is 40.9 Å². The quantitative estimate of drug-likeness (QED) is 0.696. The monoisotopic (exact) mass is 456 g/mol. The van der Waals surface area contributed by atoms with E-state index in [4.69, 9.17) is 17.3 Å². The molecular weight excluding hydrogens is 435 g/mol. The van der Waals surface area contributed by atoms with E-state index in [9.17, 15) is 18.8 Å². The van der Waals surface area contributed by atoms with E-state index in [-0.39, 0.29) is 25.3 Å². The van der Waals surface area contributed by atoms with Gasteiger partial charge >= 0.3 is 0 Å². The number of likely N-dealkylation sites (tertiary alicyclic amines) is 1. The van der Waals surface area contributed by atoms with Crippen molar-refractivity contribution in [1.82, 2.24) is 10.3 Å². The summed E-state index contributed by atoms with van der Waals surface area (Å²) in [6, 6.07) is 11.7. The van der Waals surface area contributed by atoms with Gasteiger partial charge in [-0.3, -0.25) is 14.4 Å². The molecule has 0 saturated carbocycles. The molecule has 2 aromatic carbocycles. The highest BCUT2D eigenvalue weighted by atomic mass is 35.5. The van der Waals surface area contributed by atoms with Gasteiger partial charge in [0.05, 0.1) is 5.71 Å². The molecule has 2 aromatic rings. The molecule has 2 atom stereocenters. The Morgan fingerprint density at radius 2 is 1.97 bits per heavy atom. The fraction of sp³-hybridized carbons (Fsp3) is 0.304. The zero-order valence-corrected chi connectivity index (χ0v) is 17.9. The van der Waals surface area contributed by atoms with E-state index in [0.717, 1.165) is 5.56 Å². The van der Waals surface area contributed by atoms with Crippen LogP contribution < -0.4 is 11.2 Å². The number of aryl methyl sites for hydroxylation is 1. The van der Waals surface area contributed by atoms with Crippen molar-refractivity contribution in [2.24, 2.45) is 16.3 Å². The molecular formula is C23H22ClFN4O3. The maximum Gasteiger partial charge on any atom is 0.255 e. The number of rotatable bonds is 6. The molecule has 2 heterocycles. The Bertz CT molecular complexity index is 1100. The van der Waals surface area contributed by atoms with Crippen LogP contribution in [0.25, 0.3) is 0 Å². The van der Waals surface area contributed by atoms with Crippen molar-refractivity contribution >= 4 is 35.0 Å². The van der Waals surface area contributed by atoms with Crippen LogP contribution in [-0.2, 0) is 27.2 Å². The van der Waals surface area contributed by atoms with Gasteiger partial charge < -0.3 is 10.6 Å². The van der Waals surface area contributed by atoms with E-state index in [1.165, 1.54) is 23.1 Å². The summed E-state index contributed by atoms with van der Waals surface area (Å²) in [6.45, 7) is 0.214. The van der Waals surface area contributed by atoms with Crippen LogP contribution in [0.2, 0.25) is 5.02 Å². The summed E-state index contributed by atoms with van der Waals surface area (Å²) in [7, 11) is 0. The number of benzene rings is 2. The minimum absolute atomic E-state index is 0.00397. The fourth-order valence-electron chi connectivity index (χ4n) is 4.59. The Hall–Kier alpha value is -3.26. The van der Waals surface area contributed by atoms with Gasteiger partial charge in [0.25, 0.3) is 5.91 Å². The molecule has 3 amide bonds. The van der Waals surface area contributed by atoms with Crippen LogP contribution in [0.4, 0.5) is 4.39 Å². The number of fused-ring (bicyclic) bond motifs is 1. The van der Waals surface area contributed by atoms with Crippen molar-refractivity contribution in [3.8, 4) is 0 Å². The number of halogens is 2. The molecule has 166 valence electrons. The Kier molecular flexibility index (Phi) is 5.97. The number of nitrogens with zero attached hydrogens (tertiary/aromatic N) is 2. The van der Waals surface area contributed by atoms with E-state index >= 15 is 0 Å². The molecule has 0 unspecified atom stereocenters. The average Bonchev–Trinajstić information content (AvgIpc) is 3.08. The summed E-state index contributed by atoms with van der Waals surface area (Å²) in [5, 5.41) is 4.72. The van der Waals surface area contributed by atoms with Gasteiger partial charge in [-0.25, -0.2) is 9.82 Å². The zero-order valence-electron chi connectivity index (χ0n) is 17.2. The molecule has 0 bridgehead atoms. The molecule has 32 heavy (non-hydrogen) atoms. The first-order valence-corrected chi connectivity index (χ1v) is 10.6. The van der Waals surface area contributed by atoms with Crippen LogP contribution in [0.1, 0.15) is 24.0 Å². The number of piperidine rings is 1. The van der Waals surface area contributed by atoms with Crippen molar-refractivity contribution in [3.63, 3.8) is 0 Å². The maximum absolute atomic E-state index is 13.8. The summed E-state index contributed by atoms with van der Waals surface area (Å²) in [6.07, 6.45) is 0.895. The highest BCUT2D eigenvalue weighted by Crippen LogP contribution is 2.40. The summed E-state index contributed by atoms with van der Waals surface area (Å²) >= 11 is 5.91. The van der Waals surface area contributed by atoms with Crippen LogP contribution in [0.3, 0.4) is 0 Å². The Morgan fingerprint density at radius 1 is 1.22 bits per heavy atom. The third-order valence-electron chi connectivity index (χ3n) is 6.08. The van der Waals surface area contributed by atoms with Crippen molar-refractivity contribution in [3.05, 3.63) is 70.5 Å². The van der Waals surface area contributed by atoms with Gasteiger partial charge in [-0.1, -0.05) is 35.9 Å². The van der Waals surface area contributed by atoms with E-state index in [1.807, 2.05) is 12.1 Å². The molecule has 2 aliphatic rings. The Labute approximate surface area is 189 Å². The second-order valence-electron chi connectivity index (χ2n) is 8.05. The van der Waals surface area contributed by atoms with Crippen LogP contribution in [0, 0.1) is 11.2 Å². The standard InChI is InChI=1S/C23H22ClFN4O3/c24-16-7-4-14(5-8-16)6-9-19(30)29-11-10-18-23(20(29)21(26)31,22(32)28-27-18)13-15-2-1-3-17(25)12-15/h1-5,7-8,12,20H,6,9-11,13H2,(H2,26,31)(H,28,32)/t20-,23-/m0/s1. The molecule has 3 N–H and O–H groups in total. The van der Waals surface area contributed by atoms with Gasteiger partial charge in [0.1, 0.15) is 17.3 Å². The molecule has 0 aliphatic carbocycles. The third kappa shape index (κ3) is 3.98. The molecule has 0 radical (unpaired) electrons. The van der Waals surface area contributed by atoms with E-state index in [0.29, 0.717) is 29.1 Å². The first-order valence-electron chi connectivity index (χ1n) is 10.3. The molecule has 0 spiro atoms. The lowest BCUT2D eigenvalue weighted by Gasteiger charge is -2.45. The second kappa shape index (κ2) is 8.70. The van der Waals surface area contributed by atoms with Gasteiger partial charge in [-0.05, 0) is 48.2 Å². The van der Waals surface area contributed by atoms with E-state index in [1.54, 1.807) is 18.2 Å². The lowest BCUT2D eigenvalue weighted by Crippen LogP contribution is -2.66. The topological polar surface area (TPSA) is 105 Å². The van der Waals surface area contributed by atoms with Crippen molar-refractivity contribution in [2.45, 2.75) is 31.7 Å². The molecule has 9 heteroatoms. The van der Waals surface area contributed by atoms with Crippen molar-refractivity contribution in [2.75, 3.05) is 6.54 Å². The molecule has 0 aromatic heterocycles. The number of carbonyl (C=O) groups excluding carboxylic acids is 3. The Morgan fingerprint density at radius 3 is 2.66 bits per heavy atom. The number of primary amides is 1. The summed E-state index contributed by atoms with van der Waals surface area (Å²) < 4.78 is 13.8. The first kappa shape index (κ1) is 22.0. The van der Waals surface area contributed by atoms with E-state index < -0.39 is 29.1 Å². The smallest absolute Gasteiger partial charge is 0.255 e. The van der Waals surface area contributed by atoms with Crippen LogP contribution >= 0.6 is 11.6 Å². The number of nitrogens with one attached hydrogen (secondary N) is 1. The minimum atomic E-state index is -1.46. The number of carbonyl (C=O) groups is 3. The van der Waals surface area contributed by atoms with Crippen LogP contribution in [0.5, 0.6) is 0 Å². The summed E-state index contributed by atoms with van der Waals surface area (Å²) in [4.78, 5) is 40.2. The van der Waals surface area contributed by atoms with Gasteiger partial charge in [0.2, 0.25) is 11.8 Å². The van der Waals surface area contributed by atoms with E-state index in [2.05, 4.69) is 10.5 Å². The predicted octanol–water partition coefficient (Wildman–Crippen LogP) is 2.21. The predicted molar refractivity (Wildman–Crippen MR) is 117 cm³/mol. The van der Waals surface area contributed by atoms with Gasteiger partial charge in [-0.2, -0.15) is 5.10 Å². The minimum Gasteiger partial charge on any atom is -0.368 e. The molecule has 4 rings (SSSR count). The molecule has 7 nitrogen and oxygen atoms in total. The maximum atomic E-state index is 13.8. The summed E-state index contributed by atoms with van der Waals surface area (Å²) in [5.41, 5.74) is 8.62. The van der Waals surface area contributed by atoms with Crippen molar-refractivity contribution < 1.29 is 18.8 Å². The zero-order chi connectivity index (χ0) is 22.9. The fourth-order valence-corrected chi connectivity index (χ4v) is 4.72. The van der Waals surface area contributed by atoms with Crippen LogP contribution in [0.15, 0.2) is 53.6 Å². The number of hydrogen-bond donors (Lipinski definition) is 2. The number of amides is 3.